The van der Waals surface area contributed by atoms with Crippen molar-refractivity contribution >= 4 is 17.0 Å². The molecule has 0 aromatic carbocycles. The second-order valence-electron chi connectivity index (χ2n) is 2.76. The standard InChI is InChI=1S/C7H6N4O3/c1-11-2-8-3-4(6(11)12)9-10-5(3)7(13)14/h2H,1H3,(H,9,10)(H,13,14). The molecule has 0 unspecified atom stereocenters. The average Bonchev–Trinajstić information content (AvgIpc) is 2.55. The third-order valence-electron chi connectivity index (χ3n) is 1.84. The second kappa shape index (κ2) is 2.66. The van der Waals surface area contributed by atoms with Crippen LogP contribution in [0.3, 0.4) is 0 Å². The summed E-state index contributed by atoms with van der Waals surface area (Å²) in [7, 11) is 1.52. The molecule has 0 aliphatic carbocycles. The topological polar surface area (TPSA) is 101 Å². The number of aromatic nitrogens is 4. The molecule has 0 saturated carbocycles. The lowest BCUT2D eigenvalue weighted by molar-refractivity contribution is 0.0692. The zero-order valence-electron chi connectivity index (χ0n) is 7.18. The molecule has 0 radical (unpaired) electrons. The summed E-state index contributed by atoms with van der Waals surface area (Å²) in [5, 5.41) is 14.6. The lowest BCUT2D eigenvalue weighted by atomic mass is 10.3. The van der Waals surface area contributed by atoms with Crippen LogP contribution in [0, 0.1) is 0 Å². The molecule has 0 bridgehead atoms. The summed E-state index contributed by atoms with van der Waals surface area (Å²) in [5.41, 5.74) is -0.426. The van der Waals surface area contributed by atoms with E-state index in [9.17, 15) is 9.59 Å². The first-order valence-corrected chi connectivity index (χ1v) is 3.74. The fraction of sp³-hybridized carbons (Fsp3) is 0.143. The van der Waals surface area contributed by atoms with Crippen molar-refractivity contribution in [2.45, 2.75) is 0 Å². The van der Waals surface area contributed by atoms with Gasteiger partial charge in [-0.25, -0.2) is 9.78 Å². The van der Waals surface area contributed by atoms with Gasteiger partial charge in [-0.05, 0) is 0 Å². The Morgan fingerprint density at radius 1 is 1.57 bits per heavy atom. The summed E-state index contributed by atoms with van der Waals surface area (Å²) in [6.45, 7) is 0. The highest BCUT2D eigenvalue weighted by Crippen LogP contribution is 2.07. The first-order valence-electron chi connectivity index (χ1n) is 3.74. The molecule has 0 saturated heterocycles. The van der Waals surface area contributed by atoms with Gasteiger partial charge in [0.05, 0.1) is 6.33 Å². The van der Waals surface area contributed by atoms with Gasteiger partial charge in [0.2, 0.25) is 0 Å². The van der Waals surface area contributed by atoms with E-state index >= 15 is 0 Å². The number of aromatic amines is 1. The molecule has 7 nitrogen and oxygen atoms in total. The van der Waals surface area contributed by atoms with Gasteiger partial charge in [-0.15, -0.1) is 0 Å². The summed E-state index contributed by atoms with van der Waals surface area (Å²) in [6, 6.07) is 0. The van der Waals surface area contributed by atoms with Crippen molar-refractivity contribution in [2.75, 3.05) is 0 Å². The number of H-pyrrole nitrogens is 1. The van der Waals surface area contributed by atoms with Crippen LogP contribution in [0.5, 0.6) is 0 Å². The Kier molecular flexibility index (Phi) is 1.60. The van der Waals surface area contributed by atoms with Crippen LogP contribution in [0.25, 0.3) is 11.0 Å². The highest BCUT2D eigenvalue weighted by molar-refractivity contribution is 5.98. The van der Waals surface area contributed by atoms with E-state index in [4.69, 9.17) is 5.11 Å². The molecule has 72 valence electrons. The smallest absolute Gasteiger partial charge is 0.356 e. The molecular weight excluding hydrogens is 188 g/mol. The molecule has 0 atom stereocenters. The molecule has 2 N–H and O–H groups in total. The van der Waals surface area contributed by atoms with Crippen LogP contribution in [-0.2, 0) is 7.05 Å². The Labute approximate surface area is 77.0 Å². The van der Waals surface area contributed by atoms with Gasteiger partial charge in [0.15, 0.2) is 11.2 Å². The number of hydrogen-bond acceptors (Lipinski definition) is 4. The molecule has 2 aromatic heterocycles. The summed E-state index contributed by atoms with van der Waals surface area (Å²) >= 11 is 0. The van der Waals surface area contributed by atoms with Crippen LogP contribution < -0.4 is 5.56 Å². The lowest BCUT2D eigenvalue weighted by Gasteiger charge is -1.93. The summed E-state index contributed by atoms with van der Waals surface area (Å²) in [6.07, 6.45) is 1.26. The highest BCUT2D eigenvalue weighted by atomic mass is 16.4. The first kappa shape index (κ1) is 8.42. The predicted octanol–water partition coefficient (Wildman–Crippen LogP) is -0.645. The number of nitrogens with one attached hydrogen (secondary N) is 1. The van der Waals surface area contributed by atoms with Gasteiger partial charge >= 0.3 is 5.97 Å². The fourth-order valence-corrected chi connectivity index (χ4v) is 1.12. The Balaban J connectivity index is 2.91. The van der Waals surface area contributed by atoms with Crippen molar-refractivity contribution in [1.29, 1.82) is 0 Å². The Morgan fingerprint density at radius 3 is 2.93 bits per heavy atom. The maximum atomic E-state index is 11.4. The Bertz CT molecular complexity index is 568. The SMILES string of the molecule is Cn1cnc2c(C(=O)O)[nH]nc2c1=O. The van der Waals surface area contributed by atoms with Crippen molar-refractivity contribution in [3.63, 3.8) is 0 Å². The largest absolute Gasteiger partial charge is 0.476 e. The third-order valence-corrected chi connectivity index (χ3v) is 1.84. The van der Waals surface area contributed by atoms with E-state index in [2.05, 4.69) is 15.2 Å². The summed E-state index contributed by atoms with van der Waals surface area (Å²) in [4.78, 5) is 25.9. The van der Waals surface area contributed by atoms with Gasteiger partial charge in [0, 0.05) is 7.05 Å². The molecule has 2 aromatic rings. The average molecular weight is 194 g/mol. The van der Waals surface area contributed by atoms with Gasteiger partial charge in [0.1, 0.15) is 5.52 Å². The first-order chi connectivity index (χ1) is 6.61. The molecule has 14 heavy (non-hydrogen) atoms. The van der Waals surface area contributed by atoms with Crippen molar-refractivity contribution in [3.05, 3.63) is 22.4 Å². The van der Waals surface area contributed by atoms with Crippen LogP contribution >= 0.6 is 0 Å². The van der Waals surface area contributed by atoms with Crippen LogP contribution in [0.1, 0.15) is 10.5 Å². The number of carbonyl (C=O) groups is 1. The van der Waals surface area contributed by atoms with Crippen LogP contribution in [0.4, 0.5) is 0 Å². The van der Waals surface area contributed by atoms with Crippen molar-refractivity contribution in [1.82, 2.24) is 19.7 Å². The monoisotopic (exact) mass is 194 g/mol. The van der Waals surface area contributed by atoms with E-state index in [1.807, 2.05) is 0 Å². The van der Waals surface area contributed by atoms with Crippen molar-refractivity contribution in [3.8, 4) is 0 Å². The van der Waals surface area contributed by atoms with E-state index in [1.165, 1.54) is 17.9 Å². The lowest BCUT2D eigenvalue weighted by Crippen LogP contribution is -2.17. The zero-order valence-corrected chi connectivity index (χ0v) is 7.18. The number of rotatable bonds is 1. The van der Waals surface area contributed by atoms with Gasteiger partial charge in [-0.2, -0.15) is 5.10 Å². The molecule has 0 aliphatic heterocycles. The normalized spacial score (nSPS) is 10.6. The molecule has 0 fully saturated rings. The van der Waals surface area contributed by atoms with Crippen LogP contribution in [-0.4, -0.2) is 30.8 Å². The number of carboxylic acids is 1. The van der Waals surface area contributed by atoms with Gasteiger partial charge < -0.3 is 9.67 Å². The highest BCUT2D eigenvalue weighted by Gasteiger charge is 2.15. The third kappa shape index (κ3) is 0.987. The zero-order chi connectivity index (χ0) is 10.3. The van der Waals surface area contributed by atoms with Gasteiger partial charge in [-0.3, -0.25) is 9.89 Å². The molecule has 0 amide bonds. The number of aromatic carboxylic acids is 1. The Hall–Kier alpha value is -2.18. The fourth-order valence-electron chi connectivity index (χ4n) is 1.12. The number of nitrogens with zero attached hydrogens (tertiary/aromatic N) is 3. The molecular formula is C7H6N4O3. The number of hydrogen-bond donors (Lipinski definition) is 2. The minimum absolute atomic E-state index is 0.0346. The van der Waals surface area contributed by atoms with Crippen molar-refractivity contribution in [2.24, 2.45) is 7.05 Å². The van der Waals surface area contributed by atoms with E-state index in [0.29, 0.717) is 0 Å². The van der Waals surface area contributed by atoms with Gasteiger partial charge in [0.25, 0.3) is 5.56 Å². The minimum Gasteiger partial charge on any atom is -0.476 e. The van der Waals surface area contributed by atoms with Crippen LogP contribution in [0.15, 0.2) is 11.1 Å². The number of carboxylic acid groups (broad SMARTS) is 1. The maximum Gasteiger partial charge on any atom is 0.356 e. The summed E-state index contributed by atoms with van der Waals surface area (Å²) < 4.78 is 1.23. The molecule has 7 heteroatoms. The maximum absolute atomic E-state index is 11.4. The Morgan fingerprint density at radius 2 is 2.29 bits per heavy atom. The number of fused-ring (bicyclic) bond motifs is 1. The second-order valence-corrected chi connectivity index (χ2v) is 2.76. The van der Waals surface area contributed by atoms with E-state index in [0.717, 1.165) is 0 Å². The van der Waals surface area contributed by atoms with Crippen molar-refractivity contribution < 1.29 is 9.90 Å². The number of aryl methyl sites for hydroxylation is 1. The van der Waals surface area contributed by atoms with Crippen LogP contribution in [0.2, 0.25) is 0 Å². The summed E-state index contributed by atoms with van der Waals surface area (Å²) in [5.74, 6) is -1.19. The molecule has 0 spiro atoms. The van der Waals surface area contributed by atoms with E-state index < -0.39 is 5.97 Å². The minimum atomic E-state index is -1.19. The molecule has 2 heterocycles. The molecule has 2 rings (SSSR count). The van der Waals surface area contributed by atoms with Gasteiger partial charge in [-0.1, -0.05) is 0 Å². The van der Waals surface area contributed by atoms with E-state index in [-0.39, 0.29) is 22.3 Å². The molecule has 0 aliphatic rings. The predicted molar refractivity (Wildman–Crippen MR) is 46.1 cm³/mol. The quantitative estimate of drug-likeness (QED) is 0.628. The van der Waals surface area contributed by atoms with E-state index in [1.54, 1.807) is 0 Å².